The average Bonchev–Trinajstić information content (AvgIpc) is 2.93. The van der Waals surface area contributed by atoms with Gasteiger partial charge in [-0.25, -0.2) is 0 Å². The number of halogens is 3. The van der Waals surface area contributed by atoms with Crippen molar-refractivity contribution < 1.29 is 0 Å². The average molecular weight is 462 g/mol. The second kappa shape index (κ2) is 8.20. The van der Waals surface area contributed by atoms with Crippen molar-refractivity contribution in [2.24, 2.45) is 0 Å². The summed E-state index contributed by atoms with van der Waals surface area (Å²) in [7, 11) is 0. The summed E-state index contributed by atoms with van der Waals surface area (Å²) in [5.74, 6) is 0. The van der Waals surface area contributed by atoms with Crippen LogP contribution in [0.4, 0.5) is 5.69 Å². The van der Waals surface area contributed by atoms with Crippen LogP contribution in [0.1, 0.15) is 12.8 Å². The second-order valence-electron chi connectivity index (χ2n) is 4.61. The zero-order valence-electron chi connectivity index (χ0n) is 11.0. The van der Waals surface area contributed by atoms with Crippen molar-refractivity contribution in [2.75, 3.05) is 18.0 Å². The lowest BCUT2D eigenvalue weighted by Crippen LogP contribution is -2.17. The van der Waals surface area contributed by atoms with Crippen LogP contribution in [-0.4, -0.2) is 13.1 Å². The molecule has 0 unspecified atom stereocenters. The van der Waals surface area contributed by atoms with E-state index in [-0.39, 0.29) is 0 Å². The molecule has 0 spiro atoms. The minimum atomic E-state index is 1.10. The molecule has 0 N–H and O–H groups in total. The summed E-state index contributed by atoms with van der Waals surface area (Å²) in [5, 5.41) is 0. The third-order valence-electron chi connectivity index (χ3n) is 3.07. The molecule has 106 valence electrons. The van der Waals surface area contributed by atoms with Crippen LogP contribution in [0.15, 0.2) is 61.9 Å². The highest BCUT2D eigenvalue weighted by atomic mass is 79.9. The van der Waals surface area contributed by atoms with Crippen LogP contribution >= 0.6 is 47.8 Å². The van der Waals surface area contributed by atoms with Gasteiger partial charge in [0.1, 0.15) is 0 Å². The molecule has 2 aromatic rings. The quantitative estimate of drug-likeness (QED) is 0.484. The normalized spacial score (nSPS) is 13.8. The first-order valence-electron chi connectivity index (χ1n) is 6.57. The van der Waals surface area contributed by atoms with Crippen molar-refractivity contribution in [3.05, 3.63) is 61.9 Å². The van der Waals surface area contributed by atoms with Crippen LogP contribution in [-0.2, 0) is 0 Å². The van der Waals surface area contributed by atoms with Crippen molar-refractivity contribution in [1.29, 1.82) is 0 Å². The Balaban J connectivity index is 0.000000160. The number of rotatable bonds is 1. The molecule has 0 radical (unpaired) electrons. The molecular formula is C16H16Br3N. The van der Waals surface area contributed by atoms with Gasteiger partial charge in [-0.15, -0.1) is 0 Å². The molecule has 0 saturated carbocycles. The highest BCUT2D eigenvalue weighted by molar-refractivity contribution is 9.11. The van der Waals surface area contributed by atoms with Crippen LogP contribution < -0.4 is 4.90 Å². The van der Waals surface area contributed by atoms with Crippen LogP contribution in [0.5, 0.6) is 0 Å². The molecule has 0 aliphatic carbocycles. The van der Waals surface area contributed by atoms with E-state index in [1.54, 1.807) is 0 Å². The van der Waals surface area contributed by atoms with Crippen molar-refractivity contribution in [3.8, 4) is 0 Å². The Bertz CT molecular complexity index is 534. The van der Waals surface area contributed by atoms with Crippen molar-refractivity contribution >= 4 is 53.5 Å². The zero-order chi connectivity index (χ0) is 14.4. The SMILES string of the molecule is Brc1cccc(Br)c1.Brc1cccc(N2CCCC2)c1. The molecule has 1 heterocycles. The molecular weight excluding hydrogens is 446 g/mol. The van der Waals surface area contributed by atoms with E-state index in [0.29, 0.717) is 0 Å². The molecule has 1 aliphatic heterocycles. The van der Waals surface area contributed by atoms with Gasteiger partial charge in [-0.3, -0.25) is 0 Å². The van der Waals surface area contributed by atoms with E-state index in [9.17, 15) is 0 Å². The first kappa shape index (κ1) is 16.1. The van der Waals surface area contributed by atoms with E-state index in [2.05, 4.69) is 77.0 Å². The maximum absolute atomic E-state index is 3.48. The van der Waals surface area contributed by atoms with E-state index in [0.717, 1.165) is 8.95 Å². The number of benzene rings is 2. The minimum Gasteiger partial charge on any atom is -0.372 e. The van der Waals surface area contributed by atoms with Gasteiger partial charge in [0.15, 0.2) is 0 Å². The summed E-state index contributed by atoms with van der Waals surface area (Å²) in [6.07, 6.45) is 2.68. The lowest BCUT2D eigenvalue weighted by Gasteiger charge is -2.17. The highest BCUT2D eigenvalue weighted by Crippen LogP contribution is 2.23. The lowest BCUT2D eigenvalue weighted by atomic mass is 10.3. The summed E-state index contributed by atoms with van der Waals surface area (Å²) < 4.78 is 3.38. The standard InChI is InChI=1S/C10H12BrN.C6H4Br2/c11-9-4-3-5-10(8-9)12-6-1-2-7-12;7-5-2-1-3-6(8)4-5/h3-5,8H,1-2,6-7H2;1-4H. The van der Waals surface area contributed by atoms with Gasteiger partial charge in [-0.2, -0.15) is 0 Å². The Morgan fingerprint density at radius 2 is 1.20 bits per heavy atom. The molecule has 20 heavy (non-hydrogen) atoms. The van der Waals surface area contributed by atoms with Gasteiger partial charge in [-0.1, -0.05) is 59.9 Å². The topological polar surface area (TPSA) is 3.24 Å². The molecule has 1 fully saturated rings. The van der Waals surface area contributed by atoms with Crippen molar-refractivity contribution in [2.45, 2.75) is 12.8 Å². The first-order chi connectivity index (χ1) is 9.65. The molecule has 1 aliphatic rings. The highest BCUT2D eigenvalue weighted by Gasteiger charge is 2.11. The van der Waals surface area contributed by atoms with Gasteiger partial charge in [0.2, 0.25) is 0 Å². The molecule has 0 bridgehead atoms. The maximum Gasteiger partial charge on any atom is 0.0377 e. The van der Waals surface area contributed by atoms with E-state index in [1.165, 1.54) is 36.1 Å². The van der Waals surface area contributed by atoms with Gasteiger partial charge >= 0.3 is 0 Å². The van der Waals surface area contributed by atoms with Gasteiger partial charge in [0.05, 0.1) is 0 Å². The molecule has 4 heteroatoms. The molecule has 3 rings (SSSR count). The second-order valence-corrected chi connectivity index (χ2v) is 7.36. The fourth-order valence-electron chi connectivity index (χ4n) is 2.11. The third-order valence-corrected chi connectivity index (χ3v) is 4.55. The summed E-state index contributed by atoms with van der Waals surface area (Å²) >= 11 is 10.1. The van der Waals surface area contributed by atoms with Gasteiger partial charge in [-0.05, 0) is 49.2 Å². The minimum absolute atomic E-state index is 1.10. The van der Waals surface area contributed by atoms with E-state index in [1.807, 2.05) is 24.3 Å². The molecule has 2 aromatic carbocycles. The van der Waals surface area contributed by atoms with E-state index in [4.69, 9.17) is 0 Å². The lowest BCUT2D eigenvalue weighted by molar-refractivity contribution is 0.949. The van der Waals surface area contributed by atoms with Crippen LogP contribution in [0, 0.1) is 0 Å². The number of nitrogens with zero attached hydrogens (tertiary/aromatic N) is 1. The monoisotopic (exact) mass is 459 g/mol. The smallest absolute Gasteiger partial charge is 0.0377 e. The fourth-order valence-corrected chi connectivity index (χ4v) is 3.60. The summed E-state index contributed by atoms with van der Waals surface area (Å²) in [6, 6.07) is 16.5. The van der Waals surface area contributed by atoms with Crippen LogP contribution in [0.3, 0.4) is 0 Å². The number of anilines is 1. The maximum atomic E-state index is 3.48. The zero-order valence-corrected chi connectivity index (χ0v) is 15.8. The summed E-state index contributed by atoms with van der Waals surface area (Å²) in [6.45, 7) is 2.44. The Morgan fingerprint density at radius 1 is 0.700 bits per heavy atom. The van der Waals surface area contributed by atoms with Gasteiger partial charge < -0.3 is 4.90 Å². The Hall–Kier alpha value is -0.320. The first-order valence-corrected chi connectivity index (χ1v) is 8.94. The number of hydrogen-bond donors (Lipinski definition) is 0. The van der Waals surface area contributed by atoms with Crippen LogP contribution in [0.2, 0.25) is 0 Å². The molecule has 1 nitrogen and oxygen atoms in total. The van der Waals surface area contributed by atoms with E-state index < -0.39 is 0 Å². The van der Waals surface area contributed by atoms with Gasteiger partial charge in [0, 0.05) is 32.2 Å². The Morgan fingerprint density at radius 3 is 1.65 bits per heavy atom. The molecule has 1 saturated heterocycles. The summed E-state index contributed by atoms with van der Waals surface area (Å²) in [4.78, 5) is 2.44. The van der Waals surface area contributed by atoms with Crippen LogP contribution in [0.25, 0.3) is 0 Å². The predicted octanol–water partition coefficient (Wildman–Crippen LogP) is 6.26. The molecule has 0 atom stereocenters. The molecule has 0 aromatic heterocycles. The summed E-state index contributed by atoms with van der Waals surface area (Å²) in [5.41, 5.74) is 1.35. The Kier molecular flexibility index (Phi) is 6.59. The van der Waals surface area contributed by atoms with Gasteiger partial charge in [0.25, 0.3) is 0 Å². The van der Waals surface area contributed by atoms with E-state index >= 15 is 0 Å². The van der Waals surface area contributed by atoms with Crippen molar-refractivity contribution in [3.63, 3.8) is 0 Å². The number of hydrogen-bond acceptors (Lipinski definition) is 1. The molecule has 0 amide bonds. The largest absolute Gasteiger partial charge is 0.372 e. The third kappa shape index (κ3) is 5.23. The predicted molar refractivity (Wildman–Crippen MR) is 97.4 cm³/mol. The fraction of sp³-hybridized carbons (Fsp3) is 0.250. The Labute approximate surface area is 145 Å². The van der Waals surface area contributed by atoms with Crippen molar-refractivity contribution in [1.82, 2.24) is 0 Å².